The zero-order valence-corrected chi connectivity index (χ0v) is 52.9. The highest BCUT2D eigenvalue weighted by Crippen LogP contribution is 2.20. The molecule has 9 amide bonds. The molecule has 492 valence electrons. The normalized spacial score (nSPS) is 13.4. The Labute approximate surface area is 529 Å². The maximum Gasteiger partial charge on any atom is 0.264 e. The fraction of sp³-hybridized carbons (Fsp3) is 0.530. The molecule has 24 nitrogen and oxygen atoms in total. The van der Waals surface area contributed by atoms with Crippen LogP contribution in [0.15, 0.2) is 103 Å². The number of carbonyl (C=O) groups is 9. The zero-order valence-electron chi connectivity index (χ0n) is 52.9. The minimum atomic E-state index is -1.33. The molecule has 24 heteroatoms. The van der Waals surface area contributed by atoms with Crippen molar-refractivity contribution in [3.63, 3.8) is 0 Å². The van der Waals surface area contributed by atoms with Crippen LogP contribution in [-0.4, -0.2) is 137 Å². The van der Waals surface area contributed by atoms with Crippen molar-refractivity contribution in [1.82, 2.24) is 62.9 Å². The van der Waals surface area contributed by atoms with E-state index in [1.807, 2.05) is 31.2 Å². The first-order valence-electron chi connectivity index (χ1n) is 32.1. The number of nitrogens with one attached hydrogen (secondary N) is 11. The summed E-state index contributed by atoms with van der Waals surface area (Å²) < 4.78 is 0. The number of nitrogens with zero attached hydrogens (tertiary/aromatic N) is 2. The predicted octanol–water partition coefficient (Wildman–Crippen LogP) is 4.66. The van der Waals surface area contributed by atoms with Crippen LogP contribution in [0.4, 0.5) is 0 Å². The number of allylic oxidation sites excluding steroid dienone is 4. The molecule has 0 aliphatic heterocycles. The van der Waals surface area contributed by atoms with Crippen LogP contribution in [0.1, 0.15) is 160 Å². The van der Waals surface area contributed by atoms with Gasteiger partial charge in [0.05, 0.1) is 6.33 Å². The van der Waals surface area contributed by atoms with Gasteiger partial charge in [-0.3, -0.25) is 43.2 Å². The van der Waals surface area contributed by atoms with Gasteiger partial charge in [-0.1, -0.05) is 132 Å². The van der Waals surface area contributed by atoms with Gasteiger partial charge < -0.3 is 69.4 Å². The van der Waals surface area contributed by atoms with Gasteiger partial charge in [-0.2, -0.15) is 5.10 Å². The van der Waals surface area contributed by atoms with Crippen molar-refractivity contribution < 1.29 is 43.2 Å². The van der Waals surface area contributed by atoms with Gasteiger partial charge in [0.1, 0.15) is 49.0 Å². The molecule has 2 heterocycles. The minimum Gasteiger partial charge on any atom is -0.368 e. The van der Waals surface area contributed by atoms with Crippen molar-refractivity contribution in [2.24, 2.45) is 16.6 Å². The Balaban J connectivity index is 1.26. The van der Waals surface area contributed by atoms with E-state index in [0.29, 0.717) is 69.4 Å². The minimum absolute atomic E-state index is 0.0166. The van der Waals surface area contributed by atoms with E-state index in [1.54, 1.807) is 36.5 Å². The Morgan fingerprint density at radius 2 is 1.19 bits per heavy atom. The molecule has 2 aromatic heterocycles. The Bertz CT molecular complexity index is 2890. The third-order valence-electron chi connectivity index (χ3n) is 15.0. The lowest BCUT2D eigenvalue weighted by molar-refractivity contribution is -0.135. The Morgan fingerprint density at radius 1 is 0.578 bits per heavy atom. The largest absolute Gasteiger partial charge is 0.368 e. The first-order valence-corrected chi connectivity index (χ1v) is 32.1. The molecule has 6 atom stereocenters. The molecule has 15 N–H and O–H groups in total. The summed E-state index contributed by atoms with van der Waals surface area (Å²) in [5.41, 5.74) is 16.8. The van der Waals surface area contributed by atoms with Crippen molar-refractivity contribution in [1.29, 1.82) is 0 Å². The standard InChI is InChI=1S/C66H99N15O9/c1-4-6-8-9-10-11-12-13-14-15-16-17-18-19-23-35-58(82)70-37-28-38-71-59(83)44-74-75-45-60(84)77-53(32-7-5-2)63(87)76-47(3)62(86)80-57(41-50-43-69-46-73-50)66(90)81-56(39-48-29-21-20-22-30-48)65(89)78-54(34-26-27-36-67)64(88)79-55(61(68)85)40-49-42-72-52-33-25-24-31-51(49)52/h10-11,13-14,20-22,24-25,29-31,33,42-44,46-47,53-57,72,75H,4-9,12,15-19,23,26-28,32,34-41,45,67H2,1-3H3,(H2,68,85)(H,69,73)(H,70,82)(H,71,83)(H,76,87)(H,77,84)(H,78,89)(H,79,88)(H,80,86)(H,81,90)/b11-10-,14-13-,74-44+/t47-,53-,54-,55-,56+,57-/m0/s1. The second-order valence-corrected chi connectivity index (χ2v) is 22.5. The van der Waals surface area contributed by atoms with E-state index < -0.39 is 83.5 Å². The first-order chi connectivity index (χ1) is 43.6. The fourth-order valence-electron chi connectivity index (χ4n) is 9.79. The zero-order chi connectivity index (χ0) is 65.1. The number of hydrogen-bond donors (Lipinski definition) is 13. The third kappa shape index (κ3) is 30.0. The Kier molecular flexibility index (Phi) is 36.0. The molecule has 2 aromatic carbocycles. The molecule has 0 aliphatic carbocycles. The van der Waals surface area contributed by atoms with E-state index in [0.717, 1.165) is 74.0 Å². The van der Waals surface area contributed by atoms with Gasteiger partial charge in [-0.15, -0.1) is 0 Å². The molecule has 4 rings (SSSR count). The van der Waals surface area contributed by atoms with E-state index in [2.05, 4.69) is 99.2 Å². The van der Waals surface area contributed by atoms with Crippen molar-refractivity contribution in [3.05, 3.63) is 114 Å². The molecule has 0 radical (unpaired) electrons. The third-order valence-corrected chi connectivity index (χ3v) is 15.0. The summed E-state index contributed by atoms with van der Waals surface area (Å²) in [5.74, 6) is -5.52. The monoisotopic (exact) mass is 1250 g/mol. The number of fused-ring (bicyclic) bond motifs is 1. The Hall–Kier alpha value is -8.67. The average molecular weight is 1250 g/mol. The summed E-state index contributed by atoms with van der Waals surface area (Å²) in [6, 6.07) is 9.11. The van der Waals surface area contributed by atoms with Gasteiger partial charge >= 0.3 is 0 Å². The summed E-state index contributed by atoms with van der Waals surface area (Å²) >= 11 is 0. The first kappa shape index (κ1) is 73.8. The molecule has 0 unspecified atom stereocenters. The molecule has 0 bridgehead atoms. The molecule has 4 aromatic rings. The van der Waals surface area contributed by atoms with Crippen LogP contribution in [0.3, 0.4) is 0 Å². The van der Waals surface area contributed by atoms with Crippen molar-refractivity contribution >= 4 is 70.3 Å². The second-order valence-electron chi connectivity index (χ2n) is 22.5. The van der Waals surface area contributed by atoms with Crippen molar-refractivity contribution in [2.45, 2.75) is 198 Å². The van der Waals surface area contributed by atoms with Gasteiger partial charge in [0, 0.05) is 67.8 Å². The number of aromatic nitrogens is 3. The number of nitrogens with two attached hydrogens (primary N) is 2. The SMILES string of the molecule is CCCCC/C=C\C/C=C\CCCCCCCC(=O)NCCCNC(=O)/C=N/NCC(=O)N[C@@H](CCCC)C(=O)N[C@@H](C)C(=O)N[C@@H](Cc1cnc[nH]1)C(=O)N[C@H](Cc1ccccc1)C(=O)N[C@@H](CCCCN)C(=O)N[C@@H](Cc1c[nH]c2ccccc12)C(N)=O. The van der Waals surface area contributed by atoms with E-state index in [1.165, 1.54) is 38.7 Å². The van der Waals surface area contributed by atoms with Gasteiger partial charge in [-0.25, -0.2) is 4.98 Å². The lowest BCUT2D eigenvalue weighted by Gasteiger charge is -2.27. The number of rotatable bonds is 47. The van der Waals surface area contributed by atoms with Crippen LogP contribution in [0, 0.1) is 0 Å². The highest BCUT2D eigenvalue weighted by atomic mass is 16.2. The second kappa shape index (κ2) is 43.9. The van der Waals surface area contributed by atoms with Gasteiger partial charge in [0.2, 0.25) is 47.3 Å². The number of hydrazone groups is 1. The lowest BCUT2D eigenvalue weighted by Crippen LogP contribution is -2.60. The number of hydrogen-bond acceptors (Lipinski definition) is 13. The van der Waals surface area contributed by atoms with Crippen molar-refractivity contribution in [3.8, 4) is 0 Å². The smallest absolute Gasteiger partial charge is 0.264 e. The molecular formula is C66H99N15O9. The number of para-hydroxylation sites is 1. The number of H-pyrrole nitrogens is 2. The van der Waals surface area contributed by atoms with Crippen LogP contribution in [0.5, 0.6) is 0 Å². The molecule has 0 aliphatic rings. The molecule has 90 heavy (non-hydrogen) atoms. The highest BCUT2D eigenvalue weighted by molar-refractivity contribution is 6.26. The van der Waals surface area contributed by atoms with Crippen LogP contribution >= 0.6 is 0 Å². The highest BCUT2D eigenvalue weighted by Gasteiger charge is 2.33. The van der Waals surface area contributed by atoms with Crippen molar-refractivity contribution in [2.75, 3.05) is 26.2 Å². The molecule has 0 spiro atoms. The summed E-state index contributed by atoms with van der Waals surface area (Å²) in [6.45, 7) is 6.19. The number of unbranched alkanes of at least 4 members (excludes halogenated alkanes) is 10. The summed E-state index contributed by atoms with van der Waals surface area (Å²) in [7, 11) is 0. The lowest BCUT2D eigenvalue weighted by atomic mass is 10.0. The van der Waals surface area contributed by atoms with Gasteiger partial charge in [-0.05, 0) is 101 Å². The number of carbonyl (C=O) groups excluding carboxylic acids is 9. The van der Waals surface area contributed by atoms with Crippen LogP contribution < -0.4 is 59.4 Å². The Morgan fingerprint density at radius 3 is 1.90 bits per heavy atom. The number of aromatic amines is 2. The van der Waals surface area contributed by atoms with Gasteiger partial charge in [0.25, 0.3) is 5.91 Å². The number of imidazole rings is 1. The van der Waals surface area contributed by atoms with E-state index in [-0.39, 0.29) is 44.6 Å². The molecule has 0 saturated carbocycles. The van der Waals surface area contributed by atoms with Crippen LogP contribution in [0.25, 0.3) is 10.9 Å². The van der Waals surface area contributed by atoms with Crippen LogP contribution in [-0.2, 0) is 62.4 Å². The average Bonchev–Trinajstić information content (AvgIpc) is 1.80. The maximum absolute atomic E-state index is 14.5. The maximum atomic E-state index is 14.5. The summed E-state index contributed by atoms with van der Waals surface area (Å²) in [6.07, 6.45) is 30.3. The van der Waals surface area contributed by atoms with Crippen LogP contribution in [0.2, 0.25) is 0 Å². The summed E-state index contributed by atoms with van der Waals surface area (Å²) in [5, 5.41) is 26.6. The number of primary amides is 1. The summed E-state index contributed by atoms with van der Waals surface area (Å²) in [4.78, 5) is 131. The quantitative estimate of drug-likeness (QED) is 0.0124. The van der Waals surface area contributed by atoms with Gasteiger partial charge in [0.15, 0.2) is 0 Å². The molecule has 0 fully saturated rings. The fourth-order valence-corrected chi connectivity index (χ4v) is 9.79. The van der Waals surface area contributed by atoms with E-state index in [9.17, 15) is 43.2 Å². The molecular weight excluding hydrogens is 1150 g/mol. The number of benzene rings is 2. The number of amides is 9. The topological polar surface area (TPSA) is 371 Å². The molecule has 0 saturated heterocycles. The predicted molar refractivity (Wildman–Crippen MR) is 350 cm³/mol. The van der Waals surface area contributed by atoms with E-state index in [4.69, 9.17) is 11.5 Å². The van der Waals surface area contributed by atoms with E-state index >= 15 is 0 Å².